The van der Waals surface area contributed by atoms with Crippen molar-refractivity contribution in [1.29, 1.82) is 0 Å². The van der Waals surface area contributed by atoms with Gasteiger partial charge < -0.3 is 14.8 Å². The normalized spacial score (nSPS) is 15.4. The number of carbonyl (C=O) groups excluding carboxylic acids is 2. The molecule has 0 radical (unpaired) electrons. The fourth-order valence-electron chi connectivity index (χ4n) is 2.47. The minimum Gasteiger partial charge on any atom is -0.497 e. The van der Waals surface area contributed by atoms with Gasteiger partial charge in [-0.05, 0) is 60.3 Å². The smallest absolute Gasteiger partial charge is 0.295 e. The second-order valence-electron chi connectivity index (χ2n) is 5.56. The van der Waals surface area contributed by atoms with E-state index in [-0.39, 0.29) is 22.6 Å². The summed E-state index contributed by atoms with van der Waals surface area (Å²) in [5, 5.41) is 2.55. The quantitative estimate of drug-likeness (QED) is 0.756. The molecule has 2 amide bonds. The minimum atomic E-state index is -0.413. The Morgan fingerprint density at radius 1 is 1.11 bits per heavy atom. The molecule has 6 nitrogen and oxygen atoms in total. The highest BCUT2D eigenvalue weighted by molar-refractivity contribution is 8.18. The van der Waals surface area contributed by atoms with E-state index in [2.05, 4.69) is 5.32 Å². The van der Waals surface area contributed by atoms with Crippen molar-refractivity contribution in [1.82, 2.24) is 4.90 Å². The van der Waals surface area contributed by atoms with Crippen molar-refractivity contribution in [2.24, 2.45) is 0 Å². The first-order chi connectivity index (χ1) is 13.0. The highest BCUT2D eigenvalue weighted by atomic mass is 32.2. The van der Waals surface area contributed by atoms with Gasteiger partial charge in [-0.15, -0.1) is 0 Å². The second kappa shape index (κ2) is 8.13. The van der Waals surface area contributed by atoms with E-state index in [1.165, 1.54) is 31.4 Å². The molecule has 8 heteroatoms. The first-order valence-electron chi connectivity index (χ1n) is 7.98. The summed E-state index contributed by atoms with van der Waals surface area (Å²) in [6, 6.07) is 10.9. The summed E-state index contributed by atoms with van der Waals surface area (Å²) in [5.74, 6) is 0.401. The maximum absolute atomic E-state index is 12.9. The van der Waals surface area contributed by atoms with Gasteiger partial charge in [0.25, 0.3) is 11.1 Å². The third-order valence-electron chi connectivity index (χ3n) is 3.88. The third-order valence-corrected chi connectivity index (χ3v) is 4.79. The Morgan fingerprint density at radius 2 is 1.85 bits per heavy atom. The molecule has 0 unspecified atom stereocenters. The molecule has 1 N–H and O–H groups in total. The molecule has 1 fully saturated rings. The third kappa shape index (κ3) is 4.22. The van der Waals surface area contributed by atoms with Crippen LogP contribution < -0.4 is 14.8 Å². The van der Waals surface area contributed by atoms with Gasteiger partial charge in [0.2, 0.25) is 0 Å². The van der Waals surface area contributed by atoms with Gasteiger partial charge in [0, 0.05) is 11.3 Å². The Labute approximate surface area is 159 Å². The molecule has 1 aliphatic heterocycles. The molecule has 1 heterocycles. The van der Waals surface area contributed by atoms with Crippen LogP contribution >= 0.6 is 11.8 Å². The second-order valence-corrected chi connectivity index (χ2v) is 6.55. The maximum Gasteiger partial charge on any atom is 0.295 e. The molecule has 3 rings (SSSR count). The number of methoxy groups -OCH3 is 2. The highest BCUT2D eigenvalue weighted by Gasteiger charge is 2.35. The van der Waals surface area contributed by atoms with E-state index in [4.69, 9.17) is 9.47 Å². The standard InChI is InChI=1S/C19H17FN2O4S/c1-25-15-7-8-16(26-2)12(9-15)10-17-18(23)22(19(24)27-17)11-21-14-5-3-13(20)4-6-14/h3-10,21H,11H2,1-2H3/b17-10+. The van der Waals surface area contributed by atoms with Crippen LogP contribution in [-0.4, -0.2) is 36.9 Å². The first-order valence-corrected chi connectivity index (χ1v) is 8.80. The molecule has 27 heavy (non-hydrogen) atoms. The van der Waals surface area contributed by atoms with Crippen LogP contribution in [0.2, 0.25) is 0 Å². The summed E-state index contributed by atoms with van der Waals surface area (Å²) < 4.78 is 23.4. The van der Waals surface area contributed by atoms with Crippen LogP contribution in [0.1, 0.15) is 5.56 Å². The number of thioether (sulfide) groups is 1. The molecule has 0 saturated carbocycles. The lowest BCUT2D eigenvalue weighted by atomic mass is 10.1. The number of carbonyl (C=O) groups is 2. The average Bonchev–Trinajstić information content (AvgIpc) is 2.94. The fourth-order valence-corrected chi connectivity index (χ4v) is 3.30. The Bertz CT molecular complexity index is 899. The van der Waals surface area contributed by atoms with E-state index in [1.807, 2.05) is 0 Å². The van der Waals surface area contributed by atoms with Gasteiger partial charge in [-0.3, -0.25) is 14.5 Å². The predicted octanol–water partition coefficient (Wildman–Crippen LogP) is 3.95. The van der Waals surface area contributed by atoms with Gasteiger partial charge >= 0.3 is 0 Å². The number of nitrogens with zero attached hydrogens (tertiary/aromatic N) is 1. The van der Waals surface area contributed by atoms with Gasteiger partial charge in [0.1, 0.15) is 17.3 Å². The summed E-state index contributed by atoms with van der Waals surface area (Å²) in [7, 11) is 3.07. The molecule has 140 valence electrons. The Kier molecular flexibility index (Phi) is 5.66. The van der Waals surface area contributed by atoms with Crippen LogP contribution in [0.15, 0.2) is 47.4 Å². The van der Waals surface area contributed by atoms with E-state index in [0.29, 0.717) is 22.7 Å². The number of imide groups is 1. The molecule has 0 bridgehead atoms. The van der Waals surface area contributed by atoms with E-state index in [0.717, 1.165) is 16.7 Å². The lowest BCUT2D eigenvalue weighted by molar-refractivity contribution is -0.122. The Morgan fingerprint density at radius 3 is 2.52 bits per heavy atom. The molecular weight excluding hydrogens is 371 g/mol. The lowest BCUT2D eigenvalue weighted by Gasteiger charge is -2.14. The highest BCUT2D eigenvalue weighted by Crippen LogP contribution is 2.35. The fraction of sp³-hybridized carbons (Fsp3) is 0.158. The number of ether oxygens (including phenoxy) is 2. The number of benzene rings is 2. The number of hydrogen-bond acceptors (Lipinski definition) is 6. The summed E-state index contributed by atoms with van der Waals surface area (Å²) in [6.45, 7) is -0.0110. The van der Waals surface area contributed by atoms with Gasteiger partial charge in [-0.1, -0.05) is 0 Å². The summed E-state index contributed by atoms with van der Waals surface area (Å²) in [6.07, 6.45) is 1.60. The van der Waals surface area contributed by atoms with E-state index in [9.17, 15) is 14.0 Å². The molecule has 0 atom stereocenters. The van der Waals surface area contributed by atoms with E-state index < -0.39 is 5.91 Å². The Balaban J connectivity index is 1.77. The monoisotopic (exact) mass is 388 g/mol. The summed E-state index contributed by atoms with van der Waals surface area (Å²) in [5.41, 5.74) is 1.24. The number of amides is 2. The van der Waals surface area contributed by atoms with Crippen molar-refractivity contribution in [3.63, 3.8) is 0 Å². The zero-order valence-corrected chi connectivity index (χ0v) is 15.5. The topological polar surface area (TPSA) is 67.9 Å². The zero-order chi connectivity index (χ0) is 19.4. The van der Waals surface area contributed by atoms with Crippen molar-refractivity contribution < 1.29 is 23.5 Å². The van der Waals surface area contributed by atoms with Gasteiger partial charge in [0.05, 0.1) is 25.8 Å². The number of nitrogens with one attached hydrogen (secondary N) is 1. The average molecular weight is 388 g/mol. The van der Waals surface area contributed by atoms with Crippen molar-refractivity contribution in [3.8, 4) is 11.5 Å². The maximum atomic E-state index is 12.9. The van der Waals surface area contributed by atoms with Crippen LogP contribution in [0.5, 0.6) is 11.5 Å². The zero-order valence-electron chi connectivity index (χ0n) is 14.7. The summed E-state index contributed by atoms with van der Waals surface area (Å²) in [4.78, 5) is 26.2. The number of halogens is 1. The molecule has 2 aromatic carbocycles. The van der Waals surface area contributed by atoms with Crippen molar-refractivity contribution in [2.75, 3.05) is 26.2 Å². The SMILES string of the molecule is COc1ccc(OC)c(/C=C2/SC(=O)N(CNc3ccc(F)cc3)C2=O)c1. The molecule has 0 spiro atoms. The van der Waals surface area contributed by atoms with Gasteiger partial charge in [-0.25, -0.2) is 4.39 Å². The molecule has 1 aliphatic rings. The van der Waals surface area contributed by atoms with Gasteiger partial charge in [0.15, 0.2) is 0 Å². The number of hydrogen-bond donors (Lipinski definition) is 1. The predicted molar refractivity (Wildman–Crippen MR) is 102 cm³/mol. The largest absolute Gasteiger partial charge is 0.497 e. The summed E-state index contributed by atoms with van der Waals surface area (Å²) >= 11 is 0.849. The van der Waals surface area contributed by atoms with Crippen LogP contribution in [-0.2, 0) is 4.79 Å². The van der Waals surface area contributed by atoms with Crippen molar-refractivity contribution in [3.05, 3.63) is 58.8 Å². The number of rotatable bonds is 6. The molecule has 0 aliphatic carbocycles. The Hall–Kier alpha value is -3.00. The molecule has 2 aromatic rings. The van der Waals surface area contributed by atoms with E-state index >= 15 is 0 Å². The minimum absolute atomic E-state index is 0.0110. The molecular formula is C19H17FN2O4S. The van der Waals surface area contributed by atoms with Crippen LogP contribution in [0.3, 0.4) is 0 Å². The molecule has 0 aromatic heterocycles. The number of anilines is 1. The van der Waals surface area contributed by atoms with Crippen molar-refractivity contribution >= 4 is 34.7 Å². The lowest BCUT2D eigenvalue weighted by Crippen LogP contribution is -2.33. The van der Waals surface area contributed by atoms with Gasteiger partial charge in [-0.2, -0.15) is 0 Å². The van der Waals surface area contributed by atoms with Crippen molar-refractivity contribution in [2.45, 2.75) is 0 Å². The molecule has 1 saturated heterocycles. The van der Waals surface area contributed by atoms with Crippen LogP contribution in [0.25, 0.3) is 6.08 Å². The first kappa shape index (κ1) is 18.8. The van der Waals surface area contributed by atoms with E-state index in [1.54, 1.807) is 31.4 Å². The van der Waals surface area contributed by atoms with Crippen LogP contribution in [0, 0.1) is 5.82 Å². The van der Waals surface area contributed by atoms with Crippen LogP contribution in [0.4, 0.5) is 14.9 Å².